The van der Waals surface area contributed by atoms with Gasteiger partial charge in [-0.05, 0) is 42.0 Å². The van der Waals surface area contributed by atoms with Gasteiger partial charge in [-0.25, -0.2) is 12.8 Å². The Bertz CT molecular complexity index is 1170. The predicted molar refractivity (Wildman–Crippen MR) is 112 cm³/mol. The number of piperazine rings is 1. The molecule has 1 aliphatic heterocycles. The molecule has 1 aromatic heterocycles. The molecule has 3 aromatic rings. The highest BCUT2D eigenvalue weighted by atomic mass is 35.5. The molecule has 0 saturated carbocycles. The van der Waals surface area contributed by atoms with E-state index in [1.165, 1.54) is 28.6 Å². The molecule has 0 unspecified atom stereocenters. The van der Waals surface area contributed by atoms with Crippen molar-refractivity contribution in [2.75, 3.05) is 26.2 Å². The van der Waals surface area contributed by atoms with Crippen LogP contribution >= 0.6 is 23.2 Å². The van der Waals surface area contributed by atoms with Gasteiger partial charge in [-0.1, -0.05) is 29.3 Å². The van der Waals surface area contributed by atoms with Crippen LogP contribution in [0.3, 0.4) is 0 Å². The Hall–Kier alpha value is -1.77. The minimum Gasteiger partial charge on any atom is -0.296 e. The van der Waals surface area contributed by atoms with Crippen molar-refractivity contribution in [3.63, 3.8) is 0 Å². The van der Waals surface area contributed by atoms with Crippen LogP contribution in [0, 0.1) is 5.82 Å². The lowest BCUT2D eigenvalue weighted by Crippen LogP contribution is -2.48. The molecule has 29 heavy (non-hydrogen) atoms. The van der Waals surface area contributed by atoms with Crippen LogP contribution in [0.15, 0.2) is 53.6 Å². The maximum absolute atomic E-state index is 14.0. The van der Waals surface area contributed by atoms with Gasteiger partial charge in [0.1, 0.15) is 10.7 Å². The maximum Gasteiger partial charge on any atom is 0.244 e. The number of aromatic nitrogens is 1. The van der Waals surface area contributed by atoms with E-state index in [4.69, 9.17) is 23.2 Å². The standard InChI is InChI=1S/C20H18Cl2FN3O2S/c21-16-3-4-18(22)19(12-16)29(27,28)26-8-6-25(7-9-26)13-15-11-17(23)10-14-2-1-5-24-20(14)15/h1-5,10-12H,6-9,13H2. The van der Waals surface area contributed by atoms with Crippen molar-refractivity contribution in [3.05, 3.63) is 70.1 Å². The summed E-state index contributed by atoms with van der Waals surface area (Å²) in [6.45, 7) is 2.15. The van der Waals surface area contributed by atoms with Crippen molar-refractivity contribution in [1.29, 1.82) is 0 Å². The minimum absolute atomic E-state index is 0.0143. The first-order valence-electron chi connectivity index (χ1n) is 9.05. The Morgan fingerprint density at radius 2 is 1.79 bits per heavy atom. The smallest absolute Gasteiger partial charge is 0.244 e. The number of halogens is 3. The normalized spacial score (nSPS) is 16.4. The molecule has 1 saturated heterocycles. The zero-order valence-electron chi connectivity index (χ0n) is 15.4. The fourth-order valence-electron chi connectivity index (χ4n) is 3.53. The first-order valence-corrected chi connectivity index (χ1v) is 11.2. The van der Waals surface area contributed by atoms with E-state index in [1.807, 2.05) is 6.07 Å². The summed E-state index contributed by atoms with van der Waals surface area (Å²) in [5.74, 6) is -0.308. The average molecular weight is 454 g/mol. The number of hydrogen-bond donors (Lipinski definition) is 0. The highest BCUT2D eigenvalue weighted by molar-refractivity contribution is 7.89. The molecule has 4 rings (SSSR count). The second-order valence-electron chi connectivity index (χ2n) is 6.90. The van der Waals surface area contributed by atoms with Crippen molar-refractivity contribution in [3.8, 4) is 0 Å². The van der Waals surface area contributed by atoms with Gasteiger partial charge in [0, 0.05) is 49.3 Å². The van der Waals surface area contributed by atoms with Crippen molar-refractivity contribution in [2.24, 2.45) is 0 Å². The van der Waals surface area contributed by atoms with Gasteiger partial charge >= 0.3 is 0 Å². The number of sulfonamides is 1. The lowest BCUT2D eigenvalue weighted by Gasteiger charge is -2.34. The zero-order chi connectivity index (χ0) is 20.6. The Labute approximate surface area is 178 Å². The number of rotatable bonds is 4. The molecule has 1 fully saturated rings. The predicted octanol–water partition coefficient (Wildman–Crippen LogP) is 4.19. The van der Waals surface area contributed by atoms with Crippen molar-refractivity contribution < 1.29 is 12.8 Å². The third-order valence-corrected chi connectivity index (χ3v) is 7.60. The van der Waals surface area contributed by atoms with Crippen LogP contribution in [0.1, 0.15) is 5.56 Å². The lowest BCUT2D eigenvalue weighted by atomic mass is 10.1. The molecule has 0 radical (unpaired) electrons. The Kier molecular flexibility index (Phi) is 5.77. The van der Waals surface area contributed by atoms with Gasteiger partial charge in [0.15, 0.2) is 0 Å². The fourth-order valence-corrected chi connectivity index (χ4v) is 5.69. The second-order valence-corrected chi connectivity index (χ2v) is 9.65. The summed E-state index contributed by atoms with van der Waals surface area (Å²) in [5, 5.41) is 1.21. The molecule has 9 heteroatoms. The summed E-state index contributed by atoms with van der Waals surface area (Å²) in [6.07, 6.45) is 1.68. The van der Waals surface area contributed by atoms with E-state index in [1.54, 1.807) is 18.3 Å². The van der Waals surface area contributed by atoms with Gasteiger partial charge in [0.05, 0.1) is 10.5 Å². The first-order chi connectivity index (χ1) is 13.8. The monoisotopic (exact) mass is 453 g/mol. The maximum atomic E-state index is 14.0. The first kappa shape index (κ1) is 20.5. The zero-order valence-corrected chi connectivity index (χ0v) is 17.7. The Morgan fingerprint density at radius 1 is 1.03 bits per heavy atom. The van der Waals surface area contributed by atoms with E-state index in [0.29, 0.717) is 37.7 Å². The molecule has 2 heterocycles. The third-order valence-electron chi connectivity index (χ3n) is 4.98. The molecule has 0 atom stereocenters. The Balaban J connectivity index is 1.50. The van der Waals surface area contributed by atoms with Crippen LogP contribution in [-0.4, -0.2) is 48.8 Å². The van der Waals surface area contributed by atoms with E-state index in [-0.39, 0.29) is 15.7 Å². The summed E-state index contributed by atoms with van der Waals surface area (Å²) in [6, 6.07) is 11.0. The average Bonchev–Trinajstić information content (AvgIpc) is 2.70. The molecule has 5 nitrogen and oxygen atoms in total. The van der Waals surface area contributed by atoms with Gasteiger partial charge < -0.3 is 0 Å². The molecule has 0 amide bonds. The summed E-state index contributed by atoms with van der Waals surface area (Å²) in [4.78, 5) is 6.48. The van der Waals surface area contributed by atoms with E-state index < -0.39 is 10.0 Å². The van der Waals surface area contributed by atoms with E-state index in [0.717, 1.165) is 16.5 Å². The summed E-state index contributed by atoms with van der Waals surface area (Å²) in [7, 11) is -3.73. The molecule has 0 aliphatic carbocycles. The van der Waals surface area contributed by atoms with Gasteiger partial charge in [-0.15, -0.1) is 0 Å². The molecule has 152 valence electrons. The van der Waals surface area contributed by atoms with E-state index >= 15 is 0 Å². The van der Waals surface area contributed by atoms with Crippen molar-refractivity contribution in [1.82, 2.24) is 14.2 Å². The molecule has 1 aliphatic rings. The van der Waals surface area contributed by atoms with Gasteiger partial charge in [0.25, 0.3) is 0 Å². The number of benzene rings is 2. The quantitative estimate of drug-likeness (QED) is 0.594. The molecule has 0 N–H and O–H groups in total. The van der Waals surface area contributed by atoms with Crippen LogP contribution in [0.5, 0.6) is 0 Å². The van der Waals surface area contributed by atoms with Crippen LogP contribution in [0.2, 0.25) is 10.0 Å². The van der Waals surface area contributed by atoms with E-state index in [9.17, 15) is 12.8 Å². The topological polar surface area (TPSA) is 53.5 Å². The highest BCUT2D eigenvalue weighted by Crippen LogP contribution is 2.28. The second kappa shape index (κ2) is 8.16. The molecule has 2 aromatic carbocycles. The Morgan fingerprint density at radius 3 is 2.55 bits per heavy atom. The third kappa shape index (κ3) is 4.25. The molecular weight excluding hydrogens is 436 g/mol. The number of pyridine rings is 1. The fraction of sp³-hybridized carbons (Fsp3) is 0.250. The van der Waals surface area contributed by atoms with Crippen LogP contribution in [-0.2, 0) is 16.6 Å². The van der Waals surface area contributed by atoms with Gasteiger partial charge in [-0.3, -0.25) is 9.88 Å². The summed E-state index contributed by atoms with van der Waals surface area (Å²) in [5.41, 5.74) is 1.55. The molecular formula is C20H18Cl2FN3O2S. The van der Waals surface area contributed by atoms with Crippen molar-refractivity contribution in [2.45, 2.75) is 11.4 Å². The van der Waals surface area contributed by atoms with Gasteiger partial charge in [-0.2, -0.15) is 4.31 Å². The molecule has 0 spiro atoms. The lowest BCUT2D eigenvalue weighted by molar-refractivity contribution is 0.182. The largest absolute Gasteiger partial charge is 0.296 e. The van der Waals surface area contributed by atoms with Crippen LogP contribution in [0.4, 0.5) is 4.39 Å². The minimum atomic E-state index is -3.73. The SMILES string of the molecule is O=S(=O)(c1cc(Cl)ccc1Cl)N1CCN(Cc2cc(F)cc3cccnc23)CC1. The highest BCUT2D eigenvalue weighted by Gasteiger charge is 2.30. The number of fused-ring (bicyclic) bond motifs is 1. The number of nitrogens with zero attached hydrogens (tertiary/aromatic N) is 3. The summed E-state index contributed by atoms with van der Waals surface area (Å²) < 4.78 is 41.3. The van der Waals surface area contributed by atoms with Gasteiger partial charge in [0.2, 0.25) is 10.0 Å². The number of hydrogen-bond acceptors (Lipinski definition) is 4. The van der Waals surface area contributed by atoms with Crippen LogP contribution in [0.25, 0.3) is 10.9 Å². The van der Waals surface area contributed by atoms with Crippen LogP contribution < -0.4 is 0 Å². The molecule has 0 bridgehead atoms. The van der Waals surface area contributed by atoms with Crippen molar-refractivity contribution >= 4 is 44.1 Å². The summed E-state index contributed by atoms with van der Waals surface area (Å²) >= 11 is 12.0. The van der Waals surface area contributed by atoms with E-state index in [2.05, 4.69) is 9.88 Å².